The van der Waals surface area contributed by atoms with Gasteiger partial charge in [0.25, 0.3) is 5.91 Å². The number of anilines is 1. The predicted octanol–water partition coefficient (Wildman–Crippen LogP) is 4.39. The van der Waals surface area contributed by atoms with E-state index in [2.05, 4.69) is 10.4 Å². The molecule has 0 atom stereocenters. The molecule has 3 rings (SSSR count). The van der Waals surface area contributed by atoms with E-state index in [0.29, 0.717) is 23.6 Å². The van der Waals surface area contributed by atoms with Crippen LogP contribution in [-0.2, 0) is 6.54 Å². The maximum Gasteiger partial charge on any atom is 0.261 e. The fraction of sp³-hybridized carbons (Fsp3) is 0.200. The average Bonchev–Trinajstić information content (AvgIpc) is 2.84. The SMILES string of the molecule is Cc1ccc(Cn2nc(C)c(NC(=O)c3c(F)cccc3F)c2C)cc1. The molecule has 0 saturated heterocycles. The van der Waals surface area contributed by atoms with Gasteiger partial charge in [0.1, 0.15) is 17.2 Å². The minimum absolute atomic E-state index is 0.463. The number of amides is 1. The van der Waals surface area contributed by atoms with Gasteiger partial charge in [0.05, 0.1) is 23.6 Å². The Balaban J connectivity index is 1.86. The Hall–Kier alpha value is -3.02. The lowest BCUT2D eigenvalue weighted by Gasteiger charge is -2.09. The molecule has 4 nitrogen and oxygen atoms in total. The lowest BCUT2D eigenvalue weighted by atomic mass is 10.1. The Morgan fingerprint density at radius 1 is 1.04 bits per heavy atom. The maximum atomic E-state index is 13.8. The van der Waals surface area contributed by atoms with E-state index in [-0.39, 0.29) is 0 Å². The first-order chi connectivity index (χ1) is 12.4. The van der Waals surface area contributed by atoms with Crippen LogP contribution in [0, 0.1) is 32.4 Å². The van der Waals surface area contributed by atoms with Crippen molar-refractivity contribution in [2.75, 3.05) is 5.32 Å². The van der Waals surface area contributed by atoms with Crippen LogP contribution in [0.5, 0.6) is 0 Å². The van der Waals surface area contributed by atoms with Crippen LogP contribution in [0.2, 0.25) is 0 Å². The number of carbonyl (C=O) groups excluding carboxylic acids is 1. The predicted molar refractivity (Wildman–Crippen MR) is 96.3 cm³/mol. The number of carbonyl (C=O) groups is 1. The second-order valence-corrected chi connectivity index (χ2v) is 6.24. The van der Waals surface area contributed by atoms with Gasteiger partial charge < -0.3 is 5.32 Å². The molecule has 0 spiro atoms. The van der Waals surface area contributed by atoms with E-state index in [4.69, 9.17) is 0 Å². The summed E-state index contributed by atoms with van der Waals surface area (Å²) < 4.78 is 29.4. The normalized spacial score (nSPS) is 10.8. The maximum absolute atomic E-state index is 13.8. The second-order valence-electron chi connectivity index (χ2n) is 6.24. The number of hydrogen-bond acceptors (Lipinski definition) is 2. The van der Waals surface area contributed by atoms with Crippen molar-refractivity contribution in [3.8, 4) is 0 Å². The number of rotatable bonds is 4. The van der Waals surface area contributed by atoms with Crippen molar-refractivity contribution in [1.29, 1.82) is 0 Å². The Labute approximate surface area is 150 Å². The van der Waals surface area contributed by atoms with Crippen LogP contribution in [-0.4, -0.2) is 15.7 Å². The molecule has 6 heteroatoms. The van der Waals surface area contributed by atoms with Crippen LogP contribution in [0.4, 0.5) is 14.5 Å². The molecule has 0 radical (unpaired) electrons. The molecule has 1 amide bonds. The summed E-state index contributed by atoms with van der Waals surface area (Å²) in [6.45, 7) is 6.10. The van der Waals surface area contributed by atoms with Gasteiger partial charge in [-0.05, 0) is 38.5 Å². The second kappa shape index (κ2) is 7.07. The number of nitrogens with zero attached hydrogens (tertiary/aromatic N) is 2. The van der Waals surface area contributed by atoms with Gasteiger partial charge in [-0.25, -0.2) is 8.78 Å². The fourth-order valence-electron chi connectivity index (χ4n) is 2.79. The van der Waals surface area contributed by atoms with Gasteiger partial charge in [0.2, 0.25) is 0 Å². The zero-order valence-electron chi connectivity index (χ0n) is 14.8. The topological polar surface area (TPSA) is 46.9 Å². The molecule has 0 aliphatic rings. The standard InChI is InChI=1S/C20H19F2N3O/c1-12-7-9-15(10-8-12)11-25-14(3)19(13(2)24-25)23-20(26)18-16(21)5-4-6-17(18)22/h4-10H,11H2,1-3H3,(H,23,26). The summed E-state index contributed by atoms with van der Waals surface area (Å²) in [5.74, 6) is -2.63. The molecule has 1 N–H and O–H groups in total. The van der Waals surface area contributed by atoms with E-state index in [9.17, 15) is 13.6 Å². The van der Waals surface area contributed by atoms with Crippen molar-refractivity contribution in [2.45, 2.75) is 27.3 Å². The molecule has 0 bridgehead atoms. The Bertz CT molecular complexity index is 942. The van der Waals surface area contributed by atoms with E-state index in [1.54, 1.807) is 11.6 Å². The molecular weight excluding hydrogens is 336 g/mol. The van der Waals surface area contributed by atoms with Crippen LogP contribution in [0.1, 0.15) is 32.9 Å². The number of benzene rings is 2. The summed E-state index contributed by atoms with van der Waals surface area (Å²) in [7, 11) is 0. The third-order valence-corrected chi connectivity index (χ3v) is 4.26. The largest absolute Gasteiger partial charge is 0.319 e. The summed E-state index contributed by atoms with van der Waals surface area (Å²) in [6.07, 6.45) is 0. The van der Waals surface area contributed by atoms with Crippen LogP contribution in [0.3, 0.4) is 0 Å². The molecule has 1 heterocycles. The van der Waals surface area contributed by atoms with Crippen LogP contribution in [0.25, 0.3) is 0 Å². The van der Waals surface area contributed by atoms with Crippen LogP contribution >= 0.6 is 0 Å². The minimum atomic E-state index is -0.898. The van der Waals surface area contributed by atoms with Gasteiger partial charge in [-0.2, -0.15) is 5.10 Å². The summed E-state index contributed by atoms with van der Waals surface area (Å²) in [6, 6.07) is 11.4. The highest BCUT2D eigenvalue weighted by molar-refractivity contribution is 6.05. The number of nitrogens with one attached hydrogen (secondary N) is 1. The Kier molecular flexibility index (Phi) is 4.84. The van der Waals surface area contributed by atoms with E-state index in [0.717, 1.165) is 17.7 Å². The van der Waals surface area contributed by atoms with Gasteiger partial charge in [0.15, 0.2) is 0 Å². The first-order valence-electron chi connectivity index (χ1n) is 8.21. The van der Waals surface area contributed by atoms with E-state index in [1.807, 2.05) is 38.1 Å². The van der Waals surface area contributed by atoms with Gasteiger partial charge in [-0.1, -0.05) is 35.9 Å². The third kappa shape index (κ3) is 3.49. The molecule has 134 valence electrons. The lowest BCUT2D eigenvalue weighted by molar-refractivity contribution is 0.101. The van der Waals surface area contributed by atoms with Crippen molar-refractivity contribution in [2.24, 2.45) is 0 Å². The summed E-state index contributed by atoms with van der Waals surface area (Å²) >= 11 is 0. The molecule has 1 aromatic heterocycles. The van der Waals surface area contributed by atoms with Crippen molar-refractivity contribution in [3.05, 3.63) is 82.2 Å². The van der Waals surface area contributed by atoms with Gasteiger partial charge in [-0.3, -0.25) is 9.48 Å². The summed E-state index contributed by atoms with van der Waals surface area (Å²) in [5.41, 5.74) is 3.40. The molecule has 2 aromatic carbocycles. The zero-order valence-corrected chi connectivity index (χ0v) is 14.8. The molecular formula is C20H19F2N3O. The highest BCUT2D eigenvalue weighted by atomic mass is 19.1. The minimum Gasteiger partial charge on any atom is -0.319 e. The highest BCUT2D eigenvalue weighted by Gasteiger charge is 2.20. The molecule has 0 unspecified atom stereocenters. The molecule has 0 saturated carbocycles. The Morgan fingerprint density at radius 2 is 1.65 bits per heavy atom. The van der Waals surface area contributed by atoms with E-state index >= 15 is 0 Å². The molecule has 0 aliphatic heterocycles. The first-order valence-corrected chi connectivity index (χ1v) is 8.21. The number of aromatic nitrogens is 2. The van der Waals surface area contributed by atoms with Gasteiger partial charge in [0, 0.05) is 0 Å². The van der Waals surface area contributed by atoms with Crippen molar-refractivity contribution >= 4 is 11.6 Å². The highest BCUT2D eigenvalue weighted by Crippen LogP contribution is 2.22. The molecule has 0 aliphatic carbocycles. The van der Waals surface area contributed by atoms with E-state index in [1.165, 1.54) is 11.6 Å². The van der Waals surface area contributed by atoms with Crippen LogP contribution in [0.15, 0.2) is 42.5 Å². The molecule has 0 fully saturated rings. The fourth-order valence-corrected chi connectivity index (χ4v) is 2.79. The monoisotopic (exact) mass is 355 g/mol. The number of halogens is 2. The third-order valence-electron chi connectivity index (χ3n) is 4.26. The van der Waals surface area contributed by atoms with Crippen LogP contribution < -0.4 is 5.32 Å². The van der Waals surface area contributed by atoms with Crippen molar-refractivity contribution in [3.63, 3.8) is 0 Å². The zero-order chi connectivity index (χ0) is 18.8. The van der Waals surface area contributed by atoms with E-state index < -0.39 is 23.1 Å². The molecule has 3 aromatic rings. The lowest BCUT2D eigenvalue weighted by Crippen LogP contribution is -2.17. The molecule has 26 heavy (non-hydrogen) atoms. The summed E-state index contributed by atoms with van der Waals surface area (Å²) in [5, 5.41) is 7.02. The number of aryl methyl sites for hydroxylation is 2. The first kappa shape index (κ1) is 17.8. The quantitative estimate of drug-likeness (QED) is 0.755. The van der Waals surface area contributed by atoms with Crippen molar-refractivity contribution in [1.82, 2.24) is 9.78 Å². The Morgan fingerprint density at radius 3 is 2.27 bits per heavy atom. The van der Waals surface area contributed by atoms with Crippen molar-refractivity contribution < 1.29 is 13.6 Å². The van der Waals surface area contributed by atoms with Gasteiger partial charge >= 0.3 is 0 Å². The number of hydrogen-bond donors (Lipinski definition) is 1. The average molecular weight is 355 g/mol. The smallest absolute Gasteiger partial charge is 0.261 e. The summed E-state index contributed by atoms with van der Waals surface area (Å²) in [4.78, 5) is 12.3. The van der Waals surface area contributed by atoms with Gasteiger partial charge in [-0.15, -0.1) is 0 Å².